The van der Waals surface area contributed by atoms with Gasteiger partial charge < -0.3 is 9.64 Å². The van der Waals surface area contributed by atoms with Crippen molar-refractivity contribution < 1.29 is 14.5 Å². The second-order valence-corrected chi connectivity index (χ2v) is 7.83. The molecule has 1 amide bonds. The summed E-state index contributed by atoms with van der Waals surface area (Å²) in [5, 5.41) is 27.3. The van der Waals surface area contributed by atoms with E-state index in [1.807, 2.05) is 30.3 Å². The Balaban J connectivity index is 1.38. The number of carbonyl (C=O) groups is 1. The molecule has 12 nitrogen and oxygen atoms in total. The van der Waals surface area contributed by atoms with Gasteiger partial charge in [-0.05, 0) is 34.7 Å². The molecule has 1 aromatic heterocycles. The fraction of sp³-hybridized carbons (Fsp3) is 0.250. The van der Waals surface area contributed by atoms with E-state index in [1.54, 1.807) is 12.1 Å². The smallest absolute Gasteiger partial charge is 0.278 e. The predicted octanol–water partition coefficient (Wildman–Crippen LogP) is 1.65. The van der Waals surface area contributed by atoms with Gasteiger partial charge in [-0.1, -0.05) is 30.0 Å². The van der Waals surface area contributed by atoms with Crippen molar-refractivity contribution in [2.75, 3.05) is 37.0 Å². The standard InChI is InChI=1S/C20H20N8O4S/c29-19(14-33-20-23-24-25-27(20)16-4-2-1-3-5-16)22-21-13-15-12-17(6-7-18(15)28(30)31)26-8-10-32-11-9-26/h1-7,12-13H,8-11,14H2,(H,22,29). The summed E-state index contributed by atoms with van der Waals surface area (Å²) in [6, 6.07) is 14.1. The van der Waals surface area contributed by atoms with Gasteiger partial charge in [0.2, 0.25) is 5.16 Å². The van der Waals surface area contributed by atoms with Crippen LogP contribution in [0.5, 0.6) is 0 Å². The lowest BCUT2D eigenvalue weighted by atomic mass is 10.1. The first kappa shape index (κ1) is 22.4. The number of morpholine rings is 1. The summed E-state index contributed by atoms with van der Waals surface area (Å²) in [5.74, 6) is -0.383. The first-order valence-electron chi connectivity index (χ1n) is 10.0. The number of carbonyl (C=O) groups excluding carboxylic acids is 1. The third-order valence-corrected chi connectivity index (χ3v) is 5.67. The van der Waals surface area contributed by atoms with Gasteiger partial charge in [0, 0.05) is 24.8 Å². The summed E-state index contributed by atoms with van der Waals surface area (Å²) < 4.78 is 6.88. The number of hydrogen-bond donors (Lipinski definition) is 1. The largest absolute Gasteiger partial charge is 0.378 e. The number of rotatable bonds is 8. The summed E-state index contributed by atoms with van der Waals surface area (Å²) in [6.45, 7) is 2.60. The molecule has 0 unspecified atom stereocenters. The highest BCUT2D eigenvalue weighted by Gasteiger charge is 2.17. The van der Waals surface area contributed by atoms with Gasteiger partial charge in [-0.3, -0.25) is 14.9 Å². The molecule has 1 aliphatic rings. The zero-order chi connectivity index (χ0) is 23.0. The van der Waals surface area contributed by atoms with Gasteiger partial charge >= 0.3 is 0 Å². The molecule has 4 rings (SSSR count). The van der Waals surface area contributed by atoms with Crippen LogP contribution in [0.25, 0.3) is 5.69 Å². The van der Waals surface area contributed by atoms with Crippen molar-refractivity contribution in [3.05, 3.63) is 64.2 Å². The summed E-state index contributed by atoms with van der Waals surface area (Å²) >= 11 is 1.15. The van der Waals surface area contributed by atoms with Crippen molar-refractivity contribution in [2.24, 2.45) is 5.10 Å². The lowest BCUT2D eigenvalue weighted by molar-refractivity contribution is -0.385. The molecule has 0 atom stereocenters. The molecule has 1 aliphatic heterocycles. The molecule has 0 aliphatic carbocycles. The van der Waals surface area contributed by atoms with Gasteiger partial charge in [-0.15, -0.1) is 5.10 Å². The van der Waals surface area contributed by atoms with E-state index >= 15 is 0 Å². The van der Waals surface area contributed by atoms with Crippen LogP contribution in [-0.2, 0) is 9.53 Å². The number of nitrogens with one attached hydrogen (secondary N) is 1. The normalized spacial score (nSPS) is 13.9. The van der Waals surface area contributed by atoms with E-state index < -0.39 is 10.8 Å². The molecule has 3 aromatic rings. The fourth-order valence-corrected chi connectivity index (χ4v) is 3.85. The maximum atomic E-state index is 12.2. The van der Waals surface area contributed by atoms with Crippen molar-refractivity contribution in [3.63, 3.8) is 0 Å². The van der Waals surface area contributed by atoms with Crippen LogP contribution < -0.4 is 10.3 Å². The van der Waals surface area contributed by atoms with Gasteiger partial charge in [0.1, 0.15) is 0 Å². The van der Waals surface area contributed by atoms with Gasteiger partial charge in [-0.2, -0.15) is 9.78 Å². The Morgan fingerprint density at radius 3 is 2.76 bits per heavy atom. The number of nitro groups is 1. The van der Waals surface area contributed by atoms with Crippen molar-refractivity contribution in [1.82, 2.24) is 25.6 Å². The highest BCUT2D eigenvalue weighted by Crippen LogP contribution is 2.24. The average Bonchev–Trinajstić information content (AvgIpc) is 3.32. The maximum absolute atomic E-state index is 12.2. The Kier molecular flexibility index (Phi) is 7.22. The first-order valence-corrected chi connectivity index (χ1v) is 11.0. The molecule has 1 N–H and O–H groups in total. The van der Waals surface area contributed by atoms with E-state index in [4.69, 9.17) is 4.74 Å². The minimum absolute atomic E-state index is 0.0143. The Labute approximate surface area is 192 Å². The number of amides is 1. The second kappa shape index (κ2) is 10.7. The van der Waals surface area contributed by atoms with Crippen LogP contribution in [0.4, 0.5) is 11.4 Å². The number of tetrazole rings is 1. The van der Waals surface area contributed by atoms with Crippen LogP contribution in [-0.4, -0.2) is 69.3 Å². The molecule has 2 heterocycles. The van der Waals surface area contributed by atoms with Crippen LogP contribution in [0.15, 0.2) is 58.8 Å². The van der Waals surface area contributed by atoms with Crippen molar-refractivity contribution in [2.45, 2.75) is 5.16 Å². The monoisotopic (exact) mass is 468 g/mol. The molecular formula is C20H20N8O4S. The molecule has 1 fully saturated rings. The predicted molar refractivity (Wildman–Crippen MR) is 122 cm³/mol. The number of ether oxygens (including phenoxy) is 1. The highest BCUT2D eigenvalue weighted by atomic mass is 32.2. The molecule has 0 saturated carbocycles. The van der Waals surface area contributed by atoms with Crippen LogP contribution in [0.2, 0.25) is 0 Å². The van der Waals surface area contributed by atoms with E-state index in [0.717, 1.165) is 23.1 Å². The van der Waals surface area contributed by atoms with Gasteiger partial charge in [0.25, 0.3) is 11.6 Å². The number of hydrazone groups is 1. The third kappa shape index (κ3) is 5.70. The topological polar surface area (TPSA) is 141 Å². The van der Waals surface area contributed by atoms with Gasteiger partial charge in [0.15, 0.2) is 0 Å². The molecule has 0 radical (unpaired) electrons. The van der Waals surface area contributed by atoms with Gasteiger partial charge in [-0.25, -0.2) is 5.43 Å². The maximum Gasteiger partial charge on any atom is 0.278 e. The zero-order valence-corrected chi connectivity index (χ0v) is 18.2. The first-order chi connectivity index (χ1) is 16.1. The molecule has 1 saturated heterocycles. The number of benzene rings is 2. The summed E-state index contributed by atoms with van der Waals surface area (Å²) in [4.78, 5) is 25.2. The number of para-hydroxylation sites is 1. The van der Waals surface area contributed by atoms with Crippen molar-refractivity contribution in [3.8, 4) is 5.69 Å². The van der Waals surface area contributed by atoms with Crippen LogP contribution in [0, 0.1) is 10.1 Å². The third-order valence-electron chi connectivity index (χ3n) is 4.75. The quantitative estimate of drug-likeness (QED) is 0.226. The van der Waals surface area contributed by atoms with Gasteiger partial charge in [0.05, 0.1) is 41.4 Å². The van der Waals surface area contributed by atoms with E-state index in [9.17, 15) is 14.9 Å². The van der Waals surface area contributed by atoms with E-state index in [-0.39, 0.29) is 11.4 Å². The Morgan fingerprint density at radius 2 is 2.00 bits per heavy atom. The second-order valence-electron chi connectivity index (χ2n) is 6.89. The zero-order valence-electron chi connectivity index (χ0n) is 17.4. The minimum atomic E-state index is -0.481. The summed E-state index contributed by atoms with van der Waals surface area (Å²) in [7, 11) is 0. The molecule has 0 spiro atoms. The summed E-state index contributed by atoms with van der Waals surface area (Å²) in [6.07, 6.45) is 1.28. The lowest BCUT2D eigenvalue weighted by Gasteiger charge is -2.28. The SMILES string of the molecule is O=C(CSc1nnnn1-c1ccccc1)NN=Cc1cc(N2CCOCC2)ccc1[N+](=O)[O-]. The van der Waals surface area contributed by atoms with E-state index in [0.29, 0.717) is 37.0 Å². The number of aromatic nitrogens is 4. The van der Waals surface area contributed by atoms with Crippen LogP contribution >= 0.6 is 11.8 Å². The van der Waals surface area contributed by atoms with Crippen molar-refractivity contribution >= 4 is 35.3 Å². The van der Waals surface area contributed by atoms with Crippen LogP contribution in [0.3, 0.4) is 0 Å². The van der Waals surface area contributed by atoms with E-state index in [1.165, 1.54) is 17.0 Å². The summed E-state index contributed by atoms with van der Waals surface area (Å²) in [5.41, 5.74) is 4.20. The molecule has 33 heavy (non-hydrogen) atoms. The number of nitro benzene ring substituents is 1. The van der Waals surface area contributed by atoms with Crippen LogP contribution in [0.1, 0.15) is 5.56 Å². The van der Waals surface area contributed by atoms with Crippen molar-refractivity contribution in [1.29, 1.82) is 0 Å². The number of thioether (sulfide) groups is 1. The Bertz CT molecular complexity index is 1150. The number of nitrogens with zero attached hydrogens (tertiary/aromatic N) is 7. The van der Waals surface area contributed by atoms with E-state index in [2.05, 4.69) is 31.0 Å². The molecular weight excluding hydrogens is 448 g/mol. The fourth-order valence-electron chi connectivity index (χ4n) is 3.17. The molecule has 170 valence electrons. The highest BCUT2D eigenvalue weighted by molar-refractivity contribution is 7.99. The lowest BCUT2D eigenvalue weighted by Crippen LogP contribution is -2.36. The number of hydrogen-bond acceptors (Lipinski definition) is 10. The Morgan fingerprint density at radius 1 is 1.21 bits per heavy atom. The number of anilines is 1. The average molecular weight is 468 g/mol. The molecule has 13 heteroatoms. The minimum Gasteiger partial charge on any atom is -0.378 e. The Hall–Kier alpha value is -3.84. The molecule has 0 bridgehead atoms. The molecule has 2 aromatic carbocycles.